The number of H-pyrrole nitrogens is 2. The molecule has 31 heavy (non-hydrogen) atoms. The molecule has 156 valence electrons. The fourth-order valence-corrected chi connectivity index (χ4v) is 3.86. The molecular formula is C24H24N6O. The summed E-state index contributed by atoms with van der Waals surface area (Å²) in [5.74, 6) is 0.949. The van der Waals surface area contributed by atoms with Crippen LogP contribution in [0.2, 0.25) is 0 Å². The molecule has 0 aliphatic rings. The number of nitrogens with zero attached hydrogens (tertiary/aromatic N) is 3. The van der Waals surface area contributed by atoms with E-state index in [1.807, 2.05) is 37.3 Å². The zero-order valence-electron chi connectivity index (χ0n) is 17.9. The number of nitrogen functional groups attached to an aromatic ring is 1. The Morgan fingerprint density at radius 2 is 1.81 bits per heavy atom. The first-order valence-electron chi connectivity index (χ1n) is 10.2. The van der Waals surface area contributed by atoms with Crippen LogP contribution < -0.4 is 5.73 Å². The number of imidazole rings is 1. The Morgan fingerprint density at radius 3 is 2.58 bits per heavy atom. The van der Waals surface area contributed by atoms with Crippen LogP contribution in [0.1, 0.15) is 48.2 Å². The van der Waals surface area contributed by atoms with Crippen LogP contribution in [0.25, 0.3) is 27.6 Å². The third kappa shape index (κ3) is 3.18. The van der Waals surface area contributed by atoms with Gasteiger partial charge >= 0.3 is 0 Å². The maximum Gasteiger partial charge on any atom is 0.214 e. The third-order valence-corrected chi connectivity index (χ3v) is 5.61. The number of nitrogens with two attached hydrogens (primary N) is 1. The minimum atomic E-state index is -0.186. The van der Waals surface area contributed by atoms with Crippen molar-refractivity contribution in [2.45, 2.75) is 33.1 Å². The Kier molecular flexibility index (Phi) is 4.05. The number of rotatable bonds is 3. The topological polar surface area (TPSA) is 105 Å². The van der Waals surface area contributed by atoms with Crippen molar-refractivity contribution in [3.05, 3.63) is 71.3 Å². The molecule has 3 heterocycles. The molecule has 0 spiro atoms. The summed E-state index contributed by atoms with van der Waals surface area (Å²) in [5.41, 5.74) is 11.9. The molecule has 0 atom stereocenters. The lowest BCUT2D eigenvalue weighted by molar-refractivity contribution is 0.103. The third-order valence-electron chi connectivity index (χ3n) is 5.61. The zero-order chi connectivity index (χ0) is 21.9. The molecule has 7 heteroatoms. The fraction of sp³-hybridized carbons (Fsp3) is 0.208. The molecule has 0 saturated carbocycles. The Bertz CT molecular complexity index is 1460. The smallest absolute Gasteiger partial charge is 0.214 e. The van der Waals surface area contributed by atoms with Gasteiger partial charge in [-0.05, 0) is 54.3 Å². The van der Waals surface area contributed by atoms with Crippen molar-refractivity contribution in [3.63, 3.8) is 0 Å². The van der Waals surface area contributed by atoms with Gasteiger partial charge in [0.2, 0.25) is 5.78 Å². The van der Waals surface area contributed by atoms with Gasteiger partial charge in [-0.3, -0.25) is 4.79 Å². The molecule has 4 N–H and O–H groups in total. The molecule has 0 amide bonds. The van der Waals surface area contributed by atoms with Gasteiger partial charge < -0.3 is 15.7 Å². The summed E-state index contributed by atoms with van der Waals surface area (Å²) in [6.45, 7) is 8.42. The lowest BCUT2D eigenvalue weighted by atomic mass is 9.86. The molecule has 7 nitrogen and oxygen atoms in total. The molecule has 3 aromatic heterocycles. The van der Waals surface area contributed by atoms with Crippen LogP contribution >= 0.6 is 0 Å². The van der Waals surface area contributed by atoms with Gasteiger partial charge in [0.25, 0.3) is 0 Å². The Labute approximate surface area is 179 Å². The van der Waals surface area contributed by atoms with E-state index in [1.54, 1.807) is 4.68 Å². The van der Waals surface area contributed by atoms with Crippen molar-refractivity contribution < 1.29 is 4.79 Å². The number of hydrogen-bond acceptors (Lipinski definition) is 4. The highest BCUT2D eigenvalue weighted by Gasteiger charge is 2.21. The van der Waals surface area contributed by atoms with Crippen molar-refractivity contribution >= 4 is 33.5 Å². The van der Waals surface area contributed by atoms with Crippen molar-refractivity contribution in [2.75, 3.05) is 5.73 Å². The van der Waals surface area contributed by atoms with Gasteiger partial charge in [0.1, 0.15) is 11.6 Å². The number of nitrogens with one attached hydrogen (secondary N) is 2. The number of carbonyl (C=O) groups is 1. The van der Waals surface area contributed by atoms with Crippen molar-refractivity contribution in [2.24, 2.45) is 0 Å². The van der Waals surface area contributed by atoms with E-state index in [0.717, 1.165) is 33.4 Å². The van der Waals surface area contributed by atoms with E-state index >= 15 is 0 Å². The first kappa shape index (κ1) is 19.1. The first-order chi connectivity index (χ1) is 14.7. The summed E-state index contributed by atoms with van der Waals surface area (Å²) in [4.78, 5) is 24.1. The summed E-state index contributed by atoms with van der Waals surface area (Å²) in [7, 11) is 0. The maximum absolute atomic E-state index is 13.2. The van der Waals surface area contributed by atoms with Crippen LogP contribution in [0.4, 0.5) is 5.82 Å². The summed E-state index contributed by atoms with van der Waals surface area (Å²) in [6.07, 6.45) is 1.52. The quantitative estimate of drug-likeness (QED) is 0.375. The van der Waals surface area contributed by atoms with Gasteiger partial charge in [-0.25, -0.2) is 9.67 Å². The highest BCUT2D eigenvalue weighted by atomic mass is 16.1. The van der Waals surface area contributed by atoms with Crippen molar-refractivity contribution in [3.8, 4) is 5.69 Å². The van der Waals surface area contributed by atoms with E-state index in [4.69, 9.17) is 5.73 Å². The number of aryl methyl sites for hydroxylation is 1. The molecule has 0 bridgehead atoms. The van der Waals surface area contributed by atoms with Gasteiger partial charge in [0.15, 0.2) is 0 Å². The fourth-order valence-electron chi connectivity index (χ4n) is 3.86. The molecule has 2 aromatic carbocycles. The Morgan fingerprint density at radius 1 is 1.03 bits per heavy atom. The molecule has 0 saturated heterocycles. The molecule has 0 aliphatic heterocycles. The SMILES string of the molecule is Cc1nc2cc(-n3ncc(C(=O)c4cc5cc(C(C)(C)C)ccc5[nH]4)c3N)ccc2[nH]1. The predicted octanol–water partition coefficient (Wildman–Crippen LogP) is 4.65. The minimum Gasteiger partial charge on any atom is -0.383 e. The number of ketones is 1. The summed E-state index contributed by atoms with van der Waals surface area (Å²) in [5, 5.41) is 5.37. The average molecular weight is 412 g/mol. The van der Waals surface area contributed by atoms with E-state index in [1.165, 1.54) is 11.8 Å². The summed E-state index contributed by atoms with van der Waals surface area (Å²) in [6, 6.07) is 13.8. The lowest BCUT2D eigenvalue weighted by Crippen LogP contribution is -2.10. The molecule has 5 aromatic rings. The van der Waals surface area contributed by atoms with E-state index in [9.17, 15) is 4.79 Å². The summed E-state index contributed by atoms with van der Waals surface area (Å²) >= 11 is 0. The van der Waals surface area contributed by atoms with Gasteiger partial charge in [-0.15, -0.1) is 0 Å². The predicted molar refractivity (Wildman–Crippen MR) is 123 cm³/mol. The maximum atomic E-state index is 13.2. The summed E-state index contributed by atoms with van der Waals surface area (Å²) < 4.78 is 1.57. The zero-order valence-corrected chi connectivity index (χ0v) is 17.9. The largest absolute Gasteiger partial charge is 0.383 e. The number of aromatic nitrogens is 5. The van der Waals surface area contributed by atoms with Crippen LogP contribution in [0, 0.1) is 6.92 Å². The highest BCUT2D eigenvalue weighted by molar-refractivity contribution is 6.12. The Balaban J connectivity index is 1.52. The Hall–Kier alpha value is -3.87. The van der Waals surface area contributed by atoms with Crippen LogP contribution in [-0.4, -0.2) is 30.5 Å². The van der Waals surface area contributed by atoms with Crippen LogP contribution in [0.15, 0.2) is 48.7 Å². The van der Waals surface area contributed by atoms with E-state index < -0.39 is 0 Å². The number of aromatic amines is 2. The van der Waals surface area contributed by atoms with E-state index in [2.05, 4.69) is 53.0 Å². The van der Waals surface area contributed by atoms with Crippen LogP contribution in [0.3, 0.4) is 0 Å². The molecule has 0 unspecified atom stereocenters. The second-order valence-corrected chi connectivity index (χ2v) is 8.94. The lowest BCUT2D eigenvalue weighted by Gasteiger charge is -2.18. The van der Waals surface area contributed by atoms with E-state index in [0.29, 0.717) is 17.1 Å². The van der Waals surface area contributed by atoms with Gasteiger partial charge in [0, 0.05) is 10.9 Å². The molecular weight excluding hydrogens is 388 g/mol. The number of anilines is 1. The number of benzene rings is 2. The first-order valence-corrected chi connectivity index (χ1v) is 10.2. The monoisotopic (exact) mass is 412 g/mol. The van der Waals surface area contributed by atoms with Crippen LogP contribution in [-0.2, 0) is 5.41 Å². The standard InChI is InChI=1S/C24H24N6O/c1-13-27-19-8-6-16(11-20(19)28-13)30-23(25)17(12-26-30)22(31)21-10-14-9-15(24(2,3)4)5-7-18(14)29-21/h5-12,29H,25H2,1-4H3,(H,27,28). The van der Waals surface area contributed by atoms with Crippen LogP contribution in [0.5, 0.6) is 0 Å². The number of fused-ring (bicyclic) bond motifs is 2. The van der Waals surface area contributed by atoms with Gasteiger partial charge in [-0.2, -0.15) is 5.10 Å². The van der Waals surface area contributed by atoms with E-state index in [-0.39, 0.29) is 11.2 Å². The minimum absolute atomic E-state index is 0.0369. The average Bonchev–Trinajstić information content (AvgIpc) is 3.40. The second kappa shape index (κ2) is 6.57. The number of hydrogen-bond donors (Lipinski definition) is 3. The van der Waals surface area contributed by atoms with Crippen molar-refractivity contribution in [1.29, 1.82) is 0 Å². The van der Waals surface area contributed by atoms with Gasteiger partial charge in [-0.1, -0.05) is 26.8 Å². The normalized spacial score (nSPS) is 12.1. The van der Waals surface area contributed by atoms with Gasteiger partial charge in [0.05, 0.1) is 34.2 Å². The molecule has 0 radical (unpaired) electrons. The molecule has 0 fully saturated rings. The molecule has 5 rings (SSSR count). The van der Waals surface area contributed by atoms with Crippen molar-refractivity contribution in [1.82, 2.24) is 24.7 Å². The number of carbonyl (C=O) groups excluding carboxylic acids is 1. The molecule has 0 aliphatic carbocycles. The highest BCUT2D eigenvalue weighted by Crippen LogP contribution is 2.28. The second-order valence-electron chi connectivity index (χ2n) is 8.94.